The highest BCUT2D eigenvalue weighted by Crippen LogP contribution is 2.27. The van der Waals surface area contributed by atoms with Gasteiger partial charge in [0, 0.05) is 6.54 Å². The van der Waals surface area contributed by atoms with E-state index in [9.17, 15) is 4.79 Å². The summed E-state index contributed by atoms with van der Waals surface area (Å²) in [6.45, 7) is 0.798. The fourth-order valence-corrected chi connectivity index (χ4v) is 1.61. The maximum Gasteiger partial charge on any atom is 0.262 e. The lowest BCUT2D eigenvalue weighted by molar-refractivity contribution is -0.127. The Bertz CT molecular complexity index is 453. The van der Waals surface area contributed by atoms with E-state index in [1.807, 2.05) is 30.3 Å². The fourth-order valence-electron chi connectivity index (χ4n) is 1.61. The van der Waals surface area contributed by atoms with Crippen molar-refractivity contribution in [2.45, 2.75) is 12.5 Å². The van der Waals surface area contributed by atoms with Crippen molar-refractivity contribution in [3.63, 3.8) is 0 Å². The molecule has 1 aliphatic heterocycles. The standard InChI is InChI=1S/C12H13N3O2/c13-6-3-7-14-12(16)11-8-15-9-4-1-2-5-10(9)17-11/h1-2,4-5,11,15H,3,7-8H2,(H,14,16). The van der Waals surface area contributed by atoms with Crippen LogP contribution in [0.3, 0.4) is 0 Å². The van der Waals surface area contributed by atoms with E-state index in [2.05, 4.69) is 10.6 Å². The van der Waals surface area contributed by atoms with Crippen LogP contribution in [-0.4, -0.2) is 25.1 Å². The maximum atomic E-state index is 11.7. The summed E-state index contributed by atoms with van der Waals surface area (Å²) in [5.41, 5.74) is 0.897. The number of nitrogens with zero attached hydrogens (tertiary/aromatic N) is 1. The molecular weight excluding hydrogens is 218 g/mol. The molecule has 2 N–H and O–H groups in total. The SMILES string of the molecule is N#CCCNC(=O)C1CNc2ccccc2O1. The lowest BCUT2D eigenvalue weighted by Crippen LogP contribution is -2.44. The average molecular weight is 231 g/mol. The number of benzene rings is 1. The van der Waals surface area contributed by atoms with Gasteiger partial charge < -0.3 is 15.4 Å². The number of hydrogen-bond acceptors (Lipinski definition) is 4. The first-order valence-electron chi connectivity index (χ1n) is 5.45. The number of rotatable bonds is 3. The van der Waals surface area contributed by atoms with Crippen molar-refractivity contribution in [2.75, 3.05) is 18.4 Å². The molecule has 1 aliphatic rings. The number of fused-ring (bicyclic) bond motifs is 1. The largest absolute Gasteiger partial charge is 0.477 e. The number of para-hydroxylation sites is 2. The van der Waals surface area contributed by atoms with Gasteiger partial charge in [0.05, 0.1) is 24.7 Å². The van der Waals surface area contributed by atoms with Gasteiger partial charge in [-0.2, -0.15) is 5.26 Å². The van der Waals surface area contributed by atoms with Crippen LogP contribution in [0.2, 0.25) is 0 Å². The Labute approximate surface area is 99.4 Å². The van der Waals surface area contributed by atoms with Crippen LogP contribution in [-0.2, 0) is 4.79 Å². The monoisotopic (exact) mass is 231 g/mol. The number of nitriles is 1. The first-order chi connectivity index (χ1) is 8.31. The van der Waals surface area contributed by atoms with Crippen LogP contribution in [0.4, 0.5) is 5.69 Å². The molecule has 1 aromatic carbocycles. The van der Waals surface area contributed by atoms with Gasteiger partial charge in [0.2, 0.25) is 0 Å². The molecule has 2 rings (SSSR count). The second-order valence-electron chi connectivity index (χ2n) is 3.68. The molecule has 1 atom stereocenters. The summed E-state index contributed by atoms with van der Waals surface area (Å²) in [5, 5.41) is 14.2. The van der Waals surface area contributed by atoms with Gasteiger partial charge in [-0.05, 0) is 12.1 Å². The van der Waals surface area contributed by atoms with Crippen molar-refractivity contribution in [2.24, 2.45) is 0 Å². The number of carbonyl (C=O) groups excluding carboxylic acids is 1. The molecule has 88 valence electrons. The van der Waals surface area contributed by atoms with Gasteiger partial charge in [0.1, 0.15) is 5.75 Å². The molecule has 5 nitrogen and oxygen atoms in total. The summed E-state index contributed by atoms with van der Waals surface area (Å²) in [5.74, 6) is 0.487. The molecule has 0 fully saturated rings. The van der Waals surface area contributed by atoms with Crippen molar-refractivity contribution in [3.8, 4) is 11.8 Å². The summed E-state index contributed by atoms with van der Waals surface area (Å²) >= 11 is 0. The summed E-state index contributed by atoms with van der Waals surface area (Å²) in [7, 11) is 0. The molecule has 1 heterocycles. The molecule has 1 unspecified atom stereocenters. The van der Waals surface area contributed by atoms with E-state index in [1.54, 1.807) is 0 Å². The Kier molecular flexibility index (Phi) is 3.46. The van der Waals surface area contributed by atoms with Gasteiger partial charge in [-0.25, -0.2) is 0 Å². The highest BCUT2D eigenvalue weighted by atomic mass is 16.5. The van der Waals surface area contributed by atoms with E-state index >= 15 is 0 Å². The van der Waals surface area contributed by atoms with E-state index in [4.69, 9.17) is 10.00 Å². The Balaban J connectivity index is 1.93. The highest BCUT2D eigenvalue weighted by molar-refractivity contribution is 5.83. The third kappa shape index (κ3) is 2.67. The first-order valence-corrected chi connectivity index (χ1v) is 5.45. The van der Waals surface area contributed by atoms with Crippen LogP contribution in [0.1, 0.15) is 6.42 Å². The van der Waals surface area contributed by atoms with Crippen LogP contribution >= 0.6 is 0 Å². The van der Waals surface area contributed by atoms with Crippen LogP contribution in [0.5, 0.6) is 5.75 Å². The summed E-state index contributed by atoms with van der Waals surface area (Å²) < 4.78 is 5.57. The first kappa shape index (κ1) is 11.3. The molecule has 0 bridgehead atoms. The summed E-state index contributed by atoms with van der Waals surface area (Å²) in [6.07, 6.45) is -0.230. The minimum Gasteiger partial charge on any atom is -0.477 e. The number of nitrogens with one attached hydrogen (secondary N) is 2. The number of ether oxygens (including phenoxy) is 1. The van der Waals surface area contributed by atoms with Crippen molar-refractivity contribution >= 4 is 11.6 Å². The van der Waals surface area contributed by atoms with Crippen molar-refractivity contribution < 1.29 is 9.53 Å². The lowest BCUT2D eigenvalue weighted by Gasteiger charge is -2.26. The number of hydrogen-bond donors (Lipinski definition) is 2. The molecule has 5 heteroatoms. The average Bonchev–Trinajstić information content (AvgIpc) is 2.38. The van der Waals surface area contributed by atoms with Gasteiger partial charge >= 0.3 is 0 Å². The topological polar surface area (TPSA) is 74.2 Å². The predicted molar refractivity (Wildman–Crippen MR) is 62.6 cm³/mol. The molecule has 1 aromatic rings. The number of carbonyl (C=O) groups is 1. The maximum absolute atomic E-state index is 11.7. The zero-order chi connectivity index (χ0) is 12.1. The van der Waals surface area contributed by atoms with Crippen molar-refractivity contribution in [1.29, 1.82) is 5.26 Å². The molecule has 0 radical (unpaired) electrons. The Morgan fingerprint density at radius 2 is 2.41 bits per heavy atom. The fraction of sp³-hybridized carbons (Fsp3) is 0.333. The van der Waals surface area contributed by atoms with Crippen LogP contribution in [0.15, 0.2) is 24.3 Å². The van der Waals surface area contributed by atoms with Crippen LogP contribution in [0, 0.1) is 11.3 Å². The van der Waals surface area contributed by atoms with Crippen LogP contribution in [0.25, 0.3) is 0 Å². The van der Waals surface area contributed by atoms with E-state index in [1.165, 1.54) is 0 Å². The highest BCUT2D eigenvalue weighted by Gasteiger charge is 2.24. The number of anilines is 1. The summed E-state index contributed by atoms with van der Waals surface area (Å²) in [6, 6.07) is 9.45. The Hall–Kier alpha value is -2.22. The minimum absolute atomic E-state index is 0.192. The predicted octanol–water partition coefficient (Wildman–Crippen LogP) is 0.889. The molecule has 0 saturated heterocycles. The van der Waals surface area contributed by atoms with E-state index in [0.717, 1.165) is 5.69 Å². The van der Waals surface area contributed by atoms with Gasteiger partial charge in [-0.3, -0.25) is 4.79 Å². The van der Waals surface area contributed by atoms with Crippen molar-refractivity contribution in [1.82, 2.24) is 5.32 Å². The van der Waals surface area contributed by atoms with Gasteiger partial charge in [0.25, 0.3) is 5.91 Å². The minimum atomic E-state index is -0.538. The molecule has 0 aromatic heterocycles. The molecule has 0 spiro atoms. The zero-order valence-corrected chi connectivity index (χ0v) is 9.27. The Morgan fingerprint density at radius 3 is 3.24 bits per heavy atom. The zero-order valence-electron chi connectivity index (χ0n) is 9.27. The van der Waals surface area contributed by atoms with Gasteiger partial charge in [-0.15, -0.1) is 0 Å². The van der Waals surface area contributed by atoms with E-state index in [0.29, 0.717) is 25.3 Å². The molecule has 1 amide bonds. The number of amides is 1. The lowest BCUT2D eigenvalue weighted by atomic mass is 10.2. The van der Waals surface area contributed by atoms with Crippen molar-refractivity contribution in [3.05, 3.63) is 24.3 Å². The van der Waals surface area contributed by atoms with E-state index < -0.39 is 6.10 Å². The second kappa shape index (κ2) is 5.21. The summed E-state index contributed by atoms with van der Waals surface area (Å²) in [4.78, 5) is 11.7. The molecule has 0 aliphatic carbocycles. The molecule has 0 saturated carbocycles. The van der Waals surface area contributed by atoms with E-state index in [-0.39, 0.29) is 5.91 Å². The molecular formula is C12H13N3O2. The smallest absolute Gasteiger partial charge is 0.262 e. The quantitative estimate of drug-likeness (QED) is 0.758. The van der Waals surface area contributed by atoms with Crippen LogP contribution < -0.4 is 15.4 Å². The normalized spacial score (nSPS) is 17.0. The third-order valence-electron chi connectivity index (χ3n) is 2.46. The molecule has 17 heavy (non-hydrogen) atoms. The third-order valence-corrected chi connectivity index (χ3v) is 2.46. The second-order valence-corrected chi connectivity index (χ2v) is 3.68. The van der Waals surface area contributed by atoms with Gasteiger partial charge in [-0.1, -0.05) is 12.1 Å². The van der Waals surface area contributed by atoms with Gasteiger partial charge in [0.15, 0.2) is 6.10 Å². The Morgan fingerprint density at radius 1 is 1.59 bits per heavy atom.